The molecule has 0 saturated carbocycles. The summed E-state index contributed by atoms with van der Waals surface area (Å²) >= 11 is 4.88. The maximum atomic E-state index is 13.6. The number of rotatable bonds is 3. The van der Waals surface area contributed by atoms with Gasteiger partial charge in [-0.3, -0.25) is 4.79 Å². The van der Waals surface area contributed by atoms with Crippen molar-refractivity contribution in [2.24, 2.45) is 5.73 Å². The number of carbonyl (C=O) groups excluding carboxylic acids is 1. The van der Waals surface area contributed by atoms with E-state index >= 15 is 0 Å². The third-order valence-corrected chi connectivity index (χ3v) is 2.86. The molecule has 2 rings (SSSR count). The van der Waals surface area contributed by atoms with E-state index in [-0.39, 0.29) is 16.3 Å². The van der Waals surface area contributed by atoms with Crippen LogP contribution in [0.4, 0.5) is 10.1 Å². The summed E-state index contributed by atoms with van der Waals surface area (Å²) in [6, 6.07) is 10.0. The summed E-state index contributed by atoms with van der Waals surface area (Å²) in [6.45, 7) is 0. The second-order valence-corrected chi connectivity index (χ2v) is 4.47. The Morgan fingerprint density at radius 3 is 2.55 bits per heavy atom. The Kier molecular flexibility index (Phi) is 3.95. The lowest BCUT2D eigenvalue weighted by Gasteiger charge is -2.10. The SMILES string of the molecule is NC(=S)c1ccccc1NC(=O)c1ccc(O)cc1F. The molecule has 20 heavy (non-hydrogen) atoms. The molecule has 0 aliphatic heterocycles. The number of phenols is 1. The number of para-hydroxylation sites is 1. The number of thiocarbonyl (C=S) groups is 1. The van der Waals surface area contributed by atoms with E-state index in [4.69, 9.17) is 23.1 Å². The second kappa shape index (κ2) is 5.66. The highest BCUT2D eigenvalue weighted by atomic mass is 32.1. The molecule has 2 aromatic carbocycles. The van der Waals surface area contributed by atoms with E-state index in [2.05, 4.69) is 5.32 Å². The number of amides is 1. The summed E-state index contributed by atoms with van der Waals surface area (Å²) in [5.41, 5.74) is 6.27. The van der Waals surface area contributed by atoms with Gasteiger partial charge in [0.15, 0.2) is 0 Å². The van der Waals surface area contributed by atoms with E-state index in [0.29, 0.717) is 11.3 Å². The molecule has 0 bridgehead atoms. The van der Waals surface area contributed by atoms with E-state index in [1.807, 2.05) is 0 Å². The lowest BCUT2D eigenvalue weighted by atomic mass is 10.1. The van der Waals surface area contributed by atoms with Gasteiger partial charge in [-0.05, 0) is 24.3 Å². The Balaban J connectivity index is 2.30. The van der Waals surface area contributed by atoms with Crippen molar-refractivity contribution in [2.45, 2.75) is 0 Å². The quantitative estimate of drug-likeness (QED) is 0.759. The fraction of sp³-hybridized carbons (Fsp3) is 0. The molecular weight excluding hydrogens is 279 g/mol. The van der Waals surface area contributed by atoms with Crippen LogP contribution < -0.4 is 11.1 Å². The van der Waals surface area contributed by atoms with Gasteiger partial charge < -0.3 is 16.2 Å². The van der Waals surface area contributed by atoms with Gasteiger partial charge in [0.1, 0.15) is 16.6 Å². The molecule has 0 saturated heterocycles. The van der Waals surface area contributed by atoms with Crippen LogP contribution in [0, 0.1) is 5.82 Å². The molecule has 0 spiro atoms. The number of carbonyl (C=O) groups is 1. The summed E-state index contributed by atoms with van der Waals surface area (Å²) in [6.07, 6.45) is 0. The molecular formula is C14H11FN2O2S. The minimum atomic E-state index is -0.810. The van der Waals surface area contributed by atoms with Crippen LogP contribution in [0.25, 0.3) is 0 Å². The molecule has 2 aromatic rings. The average Bonchev–Trinajstić information content (AvgIpc) is 2.38. The van der Waals surface area contributed by atoms with Crippen molar-refractivity contribution in [3.63, 3.8) is 0 Å². The average molecular weight is 290 g/mol. The Bertz CT molecular complexity index is 689. The number of hydrogen-bond donors (Lipinski definition) is 3. The smallest absolute Gasteiger partial charge is 0.258 e. The van der Waals surface area contributed by atoms with Crippen LogP contribution in [-0.2, 0) is 0 Å². The monoisotopic (exact) mass is 290 g/mol. The number of anilines is 1. The van der Waals surface area contributed by atoms with Crippen LogP contribution in [0.15, 0.2) is 42.5 Å². The predicted octanol–water partition coefficient (Wildman–Crippen LogP) is 2.42. The van der Waals surface area contributed by atoms with Gasteiger partial charge in [-0.25, -0.2) is 4.39 Å². The number of hydrogen-bond acceptors (Lipinski definition) is 3. The van der Waals surface area contributed by atoms with E-state index in [0.717, 1.165) is 6.07 Å². The van der Waals surface area contributed by atoms with Crippen LogP contribution in [0.2, 0.25) is 0 Å². The standard InChI is InChI=1S/C14H11FN2O2S/c15-11-7-8(18)5-6-9(11)14(19)17-12-4-2-1-3-10(12)13(16)20/h1-7,18H,(H2,16,20)(H,17,19). The van der Waals surface area contributed by atoms with Gasteiger partial charge in [0, 0.05) is 11.6 Å². The molecule has 0 aromatic heterocycles. The molecule has 4 nitrogen and oxygen atoms in total. The Morgan fingerprint density at radius 1 is 1.20 bits per heavy atom. The molecule has 1 amide bonds. The maximum Gasteiger partial charge on any atom is 0.258 e. The van der Waals surface area contributed by atoms with E-state index in [1.54, 1.807) is 24.3 Å². The third kappa shape index (κ3) is 2.92. The molecule has 0 fully saturated rings. The van der Waals surface area contributed by atoms with Crippen LogP contribution in [-0.4, -0.2) is 16.0 Å². The fourth-order valence-corrected chi connectivity index (χ4v) is 1.86. The van der Waals surface area contributed by atoms with Crippen molar-refractivity contribution >= 4 is 28.8 Å². The van der Waals surface area contributed by atoms with E-state index < -0.39 is 11.7 Å². The largest absolute Gasteiger partial charge is 0.508 e. The van der Waals surface area contributed by atoms with Crippen molar-refractivity contribution < 1.29 is 14.3 Å². The van der Waals surface area contributed by atoms with Gasteiger partial charge in [0.2, 0.25) is 0 Å². The van der Waals surface area contributed by atoms with Crippen LogP contribution in [0.5, 0.6) is 5.75 Å². The zero-order valence-corrected chi connectivity index (χ0v) is 11.1. The van der Waals surface area contributed by atoms with Crippen molar-refractivity contribution in [3.8, 4) is 5.75 Å². The predicted molar refractivity (Wildman–Crippen MR) is 78.3 cm³/mol. The first-order chi connectivity index (χ1) is 9.49. The maximum absolute atomic E-state index is 13.6. The number of phenolic OH excluding ortho intramolecular Hbond substituents is 1. The first-order valence-corrected chi connectivity index (χ1v) is 6.08. The zero-order chi connectivity index (χ0) is 14.7. The third-order valence-electron chi connectivity index (χ3n) is 2.64. The molecule has 4 N–H and O–H groups in total. The van der Waals surface area contributed by atoms with E-state index in [1.165, 1.54) is 12.1 Å². The van der Waals surface area contributed by atoms with Crippen LogP contribution in [0.1, 0.15) is 15.9 Å². The Morgan fingerprint density at radius 2 is 1.90 bits per heavy atom. The van der Waals surface area contributed by atoms with Crippen LogP contribution in [0.3, 0.4) is 0 Å². The minimum absolute atomic E-state index is 0.132. The van der Waals surface area contributed by atoms with Crippen molar-refractivity contribution in [1.29, 1.82) is 0 Å². The summed E-state index contributed by atoms with van der Waals surface area (Å²) < 4.78 is 13.6. The number of nitrogens with one attached hydrogen (secondary N) is 1. The lowest BCUT2D eigenvalue weighted by Crippen LogP contribution is -2.18. The van der Waals surface area contributed by atoms with Gasteiger partial charge in [0.25, 0.3) is 5.91 Å². The summed E-state index contributed by atoms with van der Waals surface area (Å²) in [5.74, 6) is -1.70. The fourth-order valence-electron chi connectivity index (χ4n) is 1.68. The number of aromatic hydroxyl groups is 1. The summed E-state index contributed by atoms with van der Waals surface area (Å²) in [4.78, 5) is 12.1. The zero-order valence-electron chi connectivity index (χ0n) is 10.3. The van der Waals surface area contributed by atoms with Gasteiger partial charge in [-0.2, -0.15) is 0 Å². The molecule has 0 aliphatic carbocycles. The van der Waals surface area contributed by atoms with Crippen molar-refractivity contribution in [2.75, 3.05) is 5.32 Å². The van der Waals surface area contributed by atoms with Crippen molar-refractivity contribution in [1.82, 2.24) is 0 Å². The highest BCUT2D eigenvalue weighted by Gasteiger charge is 2.14. The highest BCUT2D eigenvalue weighted by molar-refractivity contribution is 7.80. The van der Waals surface area contributed by atoms with Gasteiger partial charge in [-0.15, -0.1) is 0 Å². The molecule has 0 heterocycles. The topological polar surface area (TPSA) is 75.3 Å². The second-order valence-electron chi connectivity index (χ2n) is 4.03. The Hall–Kier alpha value is -2.47. The number of benzene rings is 2. The highest BCUT2D eigenvalue weighted by Crippen LogP contribution is 2.19. The lowest BCUT2D eigenvalue weighted by molar-refractivity contribution is 0.102. The molecule has 0 unspecified atom stereocenters. The van der Waals surface area contributed by atoms with Gasteiger partial charge in [0.05, 0.1) is 11.3 Å². The minimum Gasteiger partial charge on any atom is -0.508 e. The molecule has 0 atom stereocenters. The molecule has 0 aliphatic rings. The first-order valence-electron chi connectivity index (χ1n) is 5.67. The summed E-state index contributed by atoms with van der Waals surface area (Å²) in [5, 5.41) is 11.7. The van der Waals surface area contributed by atoms with Gasteiger partial charge >= 0.3 is 0 Å². The molecule has 6 heteroatoms. The van der Waals surface area contributed by atoms with Crippen molar-refractivity contribution in [3.05, 3.63) is 59.4 Å². The molecule has 0 radical (unpaired) electrons. The van der Waals surface area contributed by atoms with Crippen LogP contribution >= 0.6 is 12.2 Å². The summed E-state index contributed by atoms with van der Waals surface area (Å²) in [7, 11) is 0. The number of nitrogens with two attached hydrogens (primary N) is 1. The van der Waals surface area contributed by atoms with Gasteiger partial charge in [-0.1, -0.05) is 24.4 Å². The Labute approximate surface area is 120 Å². The molecule has 102 valence electrons. The first kappa shape index (κ1) is 14.0. The normalized spacial score (nSPS) is 10.1. The number of halogens is 1. The van der Waals surface area contributed by atoms with E-state index in [9.17, 15) is 9.18 Å².